The molecule has 0 saturated heterocycles. The van der Waals surface area contributed by atoms with Crippen LogP contribution in [-0.4, -0.2) is 27.1 Å². The maximum atomic E-state index is 12.9. The number of aryl methyl sites for hydroxylation is 1. The van der Waals surface area contributed by atoms with Crippen LogP contribution in [0.1, 0.15) is 54.7 Å². The Morgan fingerprint density at radius 2 is 1.38 bits per heavy atom. The molecule has 0 aliphatic heterocycles. The highest BCUT2D eigenvalue weighted by atomic mass is 32.2. The molecular weight excluding hydrogens is 446 g/mol. The van der Waals surface area contributed by atoms with Crippen molar-refractivity contribution in [1.29, 1.82) is 0 Å². The molecule has 178 valence electrons. The predicted octanol–water partition coefficient (Wildman–Crippen LogP) is 5.27. The predicted molar refractivity (Wildman–Crippen MR) is 138 cm³/mol. The maximum absolute atomic E-state index is 12.9. The zero-order chi connectivity index (χ0) is 25.1. The van der Waals surface area contributed by atoms with Crippen LogP contribution in [0.15, 0.2) is 82.8 Å². The van der Waals surface area contributed by atoms with Gasteiger partial charge in [-0.2, -0.15) is 5.10 Å². The van der Waals surface area contributed by atoms with Crippen LogP contribution in [0.25, 0.3) is 0 Å². The third-order valence-corrected chi connectivity index (χ3v) is 7.47. The first kappa shape index (κ1) is 25.2. The van der Waals surface area contributed by atoms with E-state index in [0.29, 0.717) is 17.0 Å². The number of anilines is 1. The lowest BCUT2D eigenvalue weighted by molar-refractivity contribution is 0.0955. The number of carbonyl (C=O) groups excluding carboxylic acids is 1. The molecule has 0 heterocycles. The van der Waals surface area contributed by atoms with Crippen LogP contribution >= 0.6 is 0 Å². The fourth-order valence-corrected chi connectivity index (χ4v) is 4.50. The Hall–Kier alpha value is -3.45. The molecule has 0 fully saturated rings. The molecule has 0 aliphatic rings. The summed E-state index contributed by atoms with van der Waals surface area (Å²) in [6.07, 6.45) is 0. The second kappa shape index (κ2) is 9.81. The Kier molecular flexibility index (Phi) is 7.26. The summed E-state index contributed by atoms with van der Waals surface area (Å²) in [6.45, 7) is 10.2. The molecular formula is C27H31N3O3S. The van der Waals surface area contributed by atoms with Gasteiger partial charge in [-0.1, -0.05) is 62.7 Å². The van der Waals surface area contributed by atoms with E-state index < -0.39 is 10.0 Å². The van der Waals surface area contributed by atoms with Crippen molar-refractivity contribution in [3.8, 4) is 0 Å². The molecule has 0 aliphatic carbocycles. The molecule has 1 N–H and O–H groups in total. The number of hydrazone groups is 1. The van der Waals surface area contributed by atoms with Crippen molar-refractivity contribution in [3.05, 3.63) is 95.1 Å². The Balaban J connectivity index is 1.69. The minimum atomic E-state index is -3.70. The van der Waals surface area contributed by atoms with Crippen LogP contribution in [0.2, 0.25) is 0 Å². The van der Waals surface area contributed by atoms with E-state index in [-0.39, 0.29) is 16.2 Å². The van der Waals surface area contributed by atoms with Crippen LogP contribution in [-0.2, 0) is 15.4 Å². The van der Waals surface area contributed by atoms with E-state index in [9.17, 15) is 13.2 Å². The standard InChI is InChI=1S/C27H31N3O3S/c1-19-7-17-25(18-8-19)34(32,33)30(6)24-15-11-22(12-16-24)26(31)29-28-20(2)21-9-13-23(14-10-21)27(3,4)5/h7-18H,1-6H3,(H,29,31)/b28-20-. The first-order valence-electron chi connectivity index (χ1n) is 11.0. The largest absolute Gasteiger partial charge is 0.271 e. The van der Waals surface area contributed by atoms with Crippen LogP contribution in [0.4, 0.5) is 5.69 Å². The number of nitrogens with zero attached hydrogens (tertiary/aromatic N) is 2. The van der Waals surface area contributed by atoms with Crippen molar-refractivity contribution in [2.45, 2.75) is 44.9 Å². The van der Waals surface area contributed by atoms with Crippen LogP contribution in [0.5, 0.6) is 0 Å². The third kappa shape index (κ3) is 5.72. The van der Waals surface area contributed by atoms with Gasteiger partial charge in [0.25, 0.3) is 15.9 Å². The lowest BCUT2D eigenvalue weighted by atomic mass is 9.86. The van der Waals surface area contributed by atoms with Gasteiger partial charge in [-0.3, -0.25) is 9.10 Å². The monoisotopic (exact) mass is 477 g/mol. The lowest BCUT2D eigenvalue weighted by Gasteiger charge is -2.20. The van der Waals surface area contributed by atoms with E-state index in [4.69, 9.17) is 0 Å². The Morgan fingerprint density at radius 3 is 1.91 bits per heavy atom. The second-order valence-electron chi connectivity index (χ2n) is 9.30. The normalized spacial score (nSPS) is 12.4. The summed E-state index contributed by atoms with van der Waals surface area (Å²) in [4.78, 5) is 12.8. The van der Waals surface area contributed by atoms with E-state index in [2.05, 4.69) is 43.4 Å². The van der Waals surface area contributed by atoms with E-state index in [1.807, 2.05) is 26.0 Å². The molecule has 0 unspecified atom stereocenters. The summed E-state index contributed by atoms with van der Waals surface area (Å²) in [7, 11) is -2.21. The van der Waals surface area contributed by atoms with Gasteiger partial charge in [-0.05, 0) is 66.8 Å². The second-order valence-corrected chi connectivity index (χ2v) is 11.3. The molecule has 7 heteroatoms. The summed E-state index contributed by atoms with van der Waals surface area (Å²) in [5, 5.41) is 4.22. The number of nitrogens with one attached hydrogen (secondary N) is 1. The lowest BCUT2D eigenvalue weighted by Crippen LogP contribution is -2.26. The summed E-state index contributed by atoms with van der Waals surface area (Å²) >= 11 is 0. The molecule has 0 bridgehead atoms. The quantitative estimate of drug-likeness (QED) is 0.388. The molecule has 0 radical (unpaired) electrons. The van der Waals surface area contributed by atoms with Gasteiger partial charge in [0.1, 0.15) is 0 Å². The minimum Gasteiger partial charge on any atom is -0.269 e. The summed E-state index contributed by atoms with van der Waals surface area (Å²) in [5.74, 6) is -0.374. The van der Waals surface area contributed by atoms with Gasteiger partial charge in [0.05, 0.1) is 16.3 Å². The van der Waals surface area contributed by atoms with Crippen molar-refractivity contribution < 1.29 is 13.2 Å². The number of hydrogen-bond acceptors (Lipinski definition) is 4. The van der Waals surface area contributed by atoms with Crippen molar-refractivity contribution in [2.75, 3.05) is 11.4 Å². The molecule has 3 rings (SSSR count). The number of carbonyl (C=O) groups is 1. The number of amides is 1. The highest BCUT2D eigenvalue weighted by molar-refractivity contribution is 7.92. The molecule has 3 aromatic rings. The van der Waals surface area contributed by atoms with Crippen molar-refractivity contribution >= 4 is 27.3 Å². The first-order chi connectivity index (χ1) is 15.9. The smallest absolute Gasteiger partial charge is 0.269 e. The van der Waals surface area contributed by atoms with E-state index in [1.54, 1.807) is 48.5 Å². The fourth-order valence-electron chi connectivity index (χ4n) is 3.31. The summed E-state index contributed by atoms with van der Waals surface area (Å²) < 4.78 is 27.0. The average molecular weight is 478 g/mol. The van der Waals surface area contributed by atoms with Crippen LogP contribution in [0.3, 0.4) is 0 Å². The molecule has 0 atom stereocenters. The SMILES string of the molecule is C/C(=N/NC(=O)c1ccc(N(C)S(=O)(=O)c2ccc(C)cc2)cc1)c1ccc(C(C)(C)C)cc1. The molecule has 0 saturated carbocycles. The topological polar surface area (TPSA) is 78.8 Å². The van der Waals surface area contributed by atoms with Crippen LogP contribution < -0.4 is 9.73 Å². The molecule has 34 heavy (non-hydrogen) atoms. The molecule has 6 nitrogen and oxygen atoms in total. The van der Waals surface area contributed by atoms with Crippen molar-refractivity contribution in [2.24, 2.45) is 5.10 Å². The zero-order valence-electron chi connectivity index (χ0n) is 20.5. The Bertz CT molecular complexity index is 1290. The molecule has 1 amide bonds. The third-order valence-electron chi connectivity index (χ3n) is 5.67. The summed E-state index contributed by atoms with van der Waals surface area (Å²) in [6, 6.07) is 21.2. The number of benzene rings is 3. The van der Waals surface area contributed by atoms with Gasteiger partial charge in [0, 0.05) is 12.6 Å². The number of rotatable bonds is 6. The van der Waals surface area contributed by atoms with Gasteiger partial charge in [-0.25, -0.2) is 13.8 Å². The highest BCUT2D eigenvalue weighted by Gasteiger charge is 2.21. The minimum absolute atomic E-state index is 0.0670. The van der Waals surface area contributed by atoms with Gasteiger partial charge >= 0.3 is 0 Å². The van der Waals surface area contributed by atoms with Gasteiger partial charge in [0.15, 0.2) is 0 Å². The number of hydrogen-bond donors (Lipinski definition) is 1. The van der Waals surface area contributed by atoms with Crippen molar-refractivity contribution in [3.63, 3.8) is 0 Å². The van der Waals surface area contributed by atoms with Gasteiger partial charge in [-0.15, -0.1) is 0 Å². The van der Waals surface area contributed by atoms with E-state index >= 15 is 0 Å². The molecule has 0 spiro atoms. The Labute approximate surface area is 202 Å². The van der Waals surface area contributed by atoms with Crippen LogP contribution in [0, 0.1) is 6.92 Å². The fraction of sp³-hybridized carbons (Fsp3) is 0.259. The maximum Gasteiger partial charge on any atom is 0.271 e. The van der Waals surface area contributed by atoms with E-state index in [1.165, 1.54) is 16.9 Å². The van der Waals surface area contributed by atoms with E-state index in [0.717, 1.165) is 11.1 Å². The van der Waals surface area contributed by atoms with Gasteiger partial charge < -0.3 is 0 Å². The highest BCUT2D eigenvalue weighted by Crippen LogP contribution is 2.23. The zero-order valence-corrected chi connectivity index (χ0v) is 21.3. The average Bonchev–Trinajstić information content (AvgIpc) is 2.81. The van der Waals surface area contributed by atoms with Crippen molar-refractivity contribution in [1.82, 2.24) is 5.43 Å². The summed E-state index contributed by atoms with van der Waals surface area (Å²) in [5.41, 5.74) is 7.29. The molecule has 3 aromatic carbocycles. The molecule has 0 aromatic heterocycles. The van der Waals surface area contributed by atoms with Gasteiger partial charge in [0.2, 0.25) is 0 Å². The Morgan fingerprint density at radius 1 is 0.853 bits per heavy atom. The first-order valence-corrected chi connectivity index (χ1v) is 12.4. The number of sulfonamides is 1.